The van der Waals surface area contributed by atoms with Crippen LogP contribution in [0.1, 0.15) is 42.2 Å². The van der Waals surface area contributed by atoms with Gasteiger partial charge < -0.3 is 15.4 Å². The maximum atomic E-state index is 12.4. The molecule has 0 aliphatic carbocycles. The molecule has 0 bridgehead atoms. The maximum Gasteiger partial charge on any atom is 0.256 e. The van der Waals surface area contributed by atoms with Crippen molar-refractivity contribution in [2.45, 2.75) is 38.7 Å². The minimum absolute atomic E-state index is 0.174. The highest BCUT2D eigenvalue weighted by Crippen LogP contribution is 2.17. The van der Waals surface area contributed by atoms with Crippen molar-refractivity contribution in [3.8, 4) is 0 Å². The van der Waals surface area contributed by atoms with Gasteiger partial charge in [-0.1, -0.05) is 19.4 Å². The number of rotatable bonds is 6. The second kappa shape index (κ2) is 7.94. The van der Waals surface area contributed by atoms with Crippen LogP contribution in [0.25, 0.3) is 0 Å². The molecule has 132 valence electrons. The summed E-state index contributed by atoms with van der Waals surface area (Å²) in [6.45, 7) is 2.69. The van der Waals surface area contributed by atoms with Crippen LogP contribution < -0.4 is 10.6 Å². The molecule has 2 aromatic rings. The van der Waals surface area contributed by atoms with E-state index in [1.807, 2.05) is 6.07 Å². The standard InChI is InChI=1S/C18H22N4O3/c1-2-5-14-11-16(22-21-14)20-17(23)12-6-3-7-13(10-12)19-18(24)15-8-4-9-25-15/h3,6-7,10-11,15H,2,4-5,8-9H2,1H3,(H,19,24)(H2,20,21,22,23). The summed E-state index contributed by atoms with van der Waals surface area (Å²) in [4.78, 5) is 24.5. The SMILES string of the molecule is CCCc1cc(NC(=O)c2cccc(NC(=O)C3CCCO3)c2)n[nH]1. The first-order valence-corrected chi connectivity index (χ1v) is 8.54. The van der Waals surface area contributed by atoms with E-state index in [0.29, 0.717) is 23.7 Å². The summed E-state index contributed by atoms with van der Waals surface area (Å²) in [5, 5.41) is 12.5. The molecule has 1 atom stereocenters. The van der Waals surface area contributed by atoms with Crippen LogP contribution in [-0.4, -0.2) is 34.7 Å². The number of ether oxygens (including phenoxy) is 1. The Morgan fingerprint density at radius 1 is 1.32 bits per heavy atom. The molecule has 1 saturated heterocycles. The van der Waals surface area contributed by atoms with E-state index in [-0.39, 0.29) is 11.8 Å². The smallest absolute Gasteiger partial charge is 0.256 e. The third-order valence-corrected chi connectivity index (χ3v) is 4.01. The Bertz CT molecular complexity index is 750. The Hall–Kier alpha value is -2.67. The lowest BCUT2D eigenvalue weighted by Crippen LogP contribution is -2.27. The van der Waals surface area contributed by atoms with Crippen LogP contribution in [0, 0.1) is 0 Å². The molecule has 3 N–H and O–H groups in total. The molecule has 3 rings (SSSR count). The van der Waals surface area contributed by atoms with E-state index in [1.165, 1.54) is 0 Å². The summed E-state index contributed by atoms with van der Waals surface area (Å²) < 4.78 is 5.36. The molecule has 1 aliphatic heterocycles. The molecule has 2 amide bonds. The number of benzene rings is 1. The topological polar surface area (TPSA) is 96.1 Å². The van der Waals surface area contributed by atoms with Gasteiger partial charge >= 0.3 is 0 Å². The minimum Gasteiger partial charge on any atom is -0.368 e. The zero-order valence-corrected chi connectivity index (χ0v) is 14.2. The van der Waals surface area contributed by atoms with Crippen molar-refractivity contribution in [1.29, 1.82) is 0 Å². The lowest BCUT2D eigenvalue weighted by atomic mass is 10.1. The number of aryl methyl sites for hydroxylation is 1. The highest BCUT2D eigenvalue weighted by Gasteiger charge is 2.23. The van der Waals surface area contributed by atoms with Crippen molar-refractivity contribution >= 4 is 23.3 Å². The van der Waals surface area contributed by atoms with Crippen molar-refractivity contribution in [2.75, 3.05) is 17.2 Å². The van der Waals surface area contributed by atoms with Crippen LogP contribution in [0.4, 0.5) is 11.5 Å². The van der Waals surface area contributed by atoms with Gasteiger partial charge in [-0.3, -0.25) is 14.7 Å². The van der Waals surface area contributed by atoms with Gasteiger partial charge in [0.05, 0.1) is 0 Å². The van der Waals surface area contributed by atoms with Gasteiger partial charge in [0, 0.05) is 29.6 Å². The van der Waals surface area contributed by atoms with Crippen molar-refractivity contribution in [3.05, 3.63) is 41.6 Å². The molecule has 2 heterocycles. The monoisotopic (exact) mass is 342 g/mol. The van der Waals surface area contributed by atoms with Gasteiger partial charge in [0.1, 0.15) is 6.10 Å². The molecule has 1 unspecified atom stereocenters. The predicted molar refractivity (Wildman–Crippen MR) is 94.6 cm³/mol. The first kappa shape index (κ1) is 17.2. The largest absolute Gasteiger partial charge is 0.368 e. The van der Waals surface area contributed by atoms with Gasteiger partial charge in [0.25, 0.3) is 11.8 Å². The lowest BCUT2D eigenvalue weighted by molar-refractivity contribution is -0.124. The average Bonchev–Trinajstić information content (AvgIpc) is 3.27. The van der Waals surface area contributed by atoms with E-state index in [0.717, 1.165) is 31.4 Å². The number of nitrogens with zero attached hydrogens (tertiary/aromatic N) is 1. The van der Waals surface area contributed by atoms with Crippen molar-refractivity contribution in [3.63, 3.8) is 0 Å². The fraction of sp³-hybridized carbons (Fsp3) is 0.389. The molecular formula is C18H22N4O3. The number of hydrogen-bond donors (Lipinski definition) is 3. The Balaban J connectivity index is 1.63. The van der Waals surface area contributed by atoms with Crippen LogP contribution in [0.3, 0.4) is 0 Å². The Morgan fingerprint density at radius 3 is 2.96 bits per heavy atom. The van der Waals surface area contributed by atoms with Crippen molar-refractivity contribution in [2.24, 2.45) is 0 Å². The third-order valence-electron chi connectivity index (χ3n) is 4.01. The van der Waals surface area contributed by atoms with Gasteiger partial charge in [-0.05, 0) is 37.5 Å². The van der Waals surface area contributed by atoms with Gasteiger partial charge in [0.2, 0.25) is 0 Å². The molecule has 0 saturated carbocycles. The first-order valence-electron chi connectivity index (χ1n) is 8.54. The molecule has 7 heteroatoms. The molecule has 25 heavy (non-hydrogen) atoms. The average molecular weight is 342 g/mol. The Morgan fingerprint density at radius 2 is 2.20 bits per heavy atom. The number of H-pyrrole nitrogens is 1. The number of aromatic amines is 1. The maximum absolute atomic E-state index is 12.4. The number of aromatic nitrogens is 2. The van der Waals surface area contributed by atoms with Gasteiger partial charge in [-0.15, -0.1) is 0 Å². The van der Waals surface area contributed by atoms with E-state index in [4.69, 9.17) is 4.74 Å². The van der Waals surface area contributed by atoms with Crippen LogP contribution in [0.15, 0.2) is 30.3 Å². The van der Waals surface area contributed by atoms with Crippen LogP contribution in [-0.2, 0) is 16.0 Å². The molecule has 7 nitrogen and oxygen atoms in total. The van der Waals surface area contributed by atoms with E-state index in [2.05, 4.69) is 27.8 Å². The minimum atomic E-state index is -0.404. The summed E-state index contributed by atoms with van der Waals surface area (Å²) in [6.07, 6.45) is 3.10. The molecule has 1 aromatic heterocycles. The molecule has 1 aromatic carbocycles. The van der Waals surface area contributed by atoms with Crippen LogP contribution in [0.5, 0.6) is 0 Å². The van der Waals surface area contributed by atoms with E-state index < -0.39 is 6.10 Å². The Kier molecular flexibility index (Phi) is 5.45. The normalized spacial score (nSPS) is 16.6. The van der Waals surface area contributed by atoms with E-state index in [9.17, 15) is 9.59 Å². The number of carbonyl (C=O) groups excluding carboxylic acids is 2. The van der Waals surface area contributed by atoms with E-state index in [1.54, 1.807) is 24.3 Å². The highest BCUT2D eigenvalue weighted by molar-refractivity contribution is 6.05. The fourth-order valence-electron chi connectivity index (χ4n) is 2.76. The zero-order chi connectivity index (χ0) is 17.6. The van der Waals surface area contributed by atoms with Gasteiger partial charge in [0.15, 0.2) is 5.82 Å². The molecular weight excluding hydrogens is 320 g/mol. The van der Waals surface area contributed by atoms with E-state index >= 15 is 0 Å². The summed E-state index contributed by atoms with van der Waals surface area (Å²) in [6, 6.07) is 8.63. The number of hydrogen-bond acceptors (Lipinski definition) is 4. The first-order chi connectivity index (χ1) is 12.2. The number of amides is 2. The second-order valence-corrected chi connectivity index (χ2v) is 6.05. The van der Waals surface area contributed by atoms with Crippen molar-refractivity contribution in [1.82, 2.24) is 10.2 Å². The number of anilines is 2. The highest BCUT2D eigenvalue weighted by atomic mass is 16.5. The Labute approximate surface area is 146 Å². The third kappa shape index (κ3) is 4.45. The molecule has 0 radical (unpaired) electrons. The van der Waals surface area contributed by atoms with Crippen LogP contribution in [0.2, 0.25) is 0 Å². The van der Waals surface area contributed by atoms with Crippen molar-refractivity contribution < 1.29 is 14.3 Å². The summed E-state index contributed by atoms with van der Waals surface area (Å²) in [7, 11) is 0. The fourth-order valence-corrected chi connectivity index (χ4v) is 2.76. The molecule has 1 aliphatic rings. The van der Waals surface area contributed by atoms with Gasteiger partial charge in [-0.25, -0.2) is 0 Å². The summed E-state index contributed by atoms with van der Waals surface area (Å²) in [5.41, 5.74) is 2.00. The van der Waals surface area contributed by atoms with Gasteiger partial charge in [-0.2, -0.15) is 5.10 Å². The molecule has 1 fully saturated rings. The predicted octanol–water partition coefficient (Wildman–Crippen LogP) is 2.73. The van der Waals surface area contributed by atoms with Crippen LogP contribution >= 0.6 is 0 Å². The molecule has 0 spiro atoms. The second-order valence-electron chi connectivity index (χ2n) is 6.05. The summed E-state index contributed by atoms with van der Waals surface area (Å²) in [5.74, 6) is 0.0385. The lowest BCUT2D eigenvalue weighted by Gasteiger charge is -2.11. The zero-order valence-electron chi connectivity index (χ0n) is 14.2. The number of carbonyl (C=O) groups is 2. The number of nitrogens with one attached hydrogen (secondary N) is 3. The summed E-state index contributed by atoms with van der Waals surface area (Å²) >= 11 is 0. The quantitative estimate of drug-likeness (QED) is 0.752.